The van der Waals surface area contributed by atoms with Crippen LogP contribution in [0, 0.1) is 6.92 Å². The molecule has 0 aliphatic carbocycles. The number of hydrogen-bond acceptors (Lipinski definition) is 4. The number of nitrogens with one attached hydrogen (secondary N) is 2. The summed E-state index contributed by atoms with van der Waals surface area (Å²) in [5, 5.41) is 5.70. The van der Waals surface area contributed by atoms with Gasteiger partial charge in [-0.3, -0.25) is 9.59 Å². The van der Waals surface area contributed by atoms with E-state index in [1.54, 1.807) is 31.4 Å². The van der Waals surface area contributed by atoms with Crippen LogP contribution in [0.4, 0.5) is 11.4 Å². The summed E-state index contributed by atoms with van der Waals surface area (Å²) < 4.78 is 4.91. The van der Waals surface area contributed by atoms with Gasteiger partial charge in [-0.15, -0.1) is 0 Å². The highest BCUT2D eigenvalue weighted by atomic mass is 16.5. The van der Waals surface area contributed by atoms with Gasteiger partial charge in [0, 0.05) is 49.2 Å². The van der Waals surface area contributed by atoms with Crippen molar-refractivity contribution in [1.29, 1.82) is 0 Å². The number of ether oxygens (including phenoxy) is 1. The fraction of sp³-hybridized carbons (Fsp3) is 0.364. The van der Waals surface area contributed by atoms with Gasteiger partial charge in [0.1, 0.15) is 0 Å². The zero-order chi connectivity index (χ0) is 20.5. The van der Waals surface area contributed by atoms with Crippen LogP contribution in [-0.2, 0) is 4.74 Å². The van der Waals surface area contributed by atoms with Crippen LogP contribution in [0.2, 0.25) is 0 Å². The standard InChI is InChI=1S/C22H29N3O3/c1-5-25(6-2)19-11-12-20(16(3)15-19)24-22(27)18-9-7-17(8-10-18)21(26)23-13-14-28-4/h7-12,15H,5-6,13-14H2,1-4H3,(H,23,26)(H,24,27). The van der Waals surface area contributed by atoms with E-state index in [-0.39, 0.29) is 11.8 Å². The lowest BCUT2D eigenvalue weighted by atomic mass is 10.1. The van der Waals surface area contributed by atoms with Crippen molar-refractivity contribution in [1.82, 2.24) is 5.32 Å². The summed E-state index contributed by atoms with van der Waals surface area (Å²) in [7, 11) is 1.58. The number of rotatable bonds is 9. The summed E-state index contributed by atoms with van der Waals surface area (Å²) in [5.74, 6) is -0.392. The van der Waals surface area contributed by atoms with Gasteiger partial charge in [0.05, 0.1) is 6.61 Å². The molecule has 0 spiro atoms. The first-order chi connectivity index (χ1) is 13.5. The largest absolute Gasteiger partial charge is 0.383 e. The number of hydrogen-bond donors (Lipinski definition) is 2. The molecule has 2 N–H and O–H groups in total. The number of carbonyl (C=O) groups excluding carboxylic acids is 2. The van der Waals surface area contributed by atoms with Gasteiger partial charge in [-0.1, -0.05) is 0 Å². The van der Waals surface area contributed by atoms with E-state index in [0.29, 0.717) is 24.3 Å². The monoisotopic (exact) mass is 383 g/mol. The summed E-state index contributed by atoms with van der Waals surface area (Å²) in [6, 6.07) is 12.6. The molecule has 0 bridgehead atoms. The van der Waals surface area contributed by atoms with Gasteiger partial charge < -0.3 is 20.3 Å². The minimum absolute atomic E-state index is 0.188. The van der Waals surface area contributed by atoms with Gasteiger partial charge in [0.2, 0.25) is 0 Å². The Morgan fingerprint density at radius 2 is 1.57 bits per heavy atom. The van der Waals surface area contributed by atoms with E-state index in [4.69, 9.17) is 4.74 Å². The van der Waals surface area contributed by atoms with E-state index in [2.05, 4.69) is 35.4 Å². The molecule has 2 aromatic rings. The maximum absolute atomic E-state index is 12.6. The molecule has 2 amide bonds. The highest BCUT2D eigenvalue weighted by molar-refractivity contribution is 6.05. The average Bonchev–Trinajstić information content (AvgIpc) is 2.71. The van der Waals surface area contributed by atoms with Crippen LogP contribution >= 0.6 is 0 Å². The molecule has 0 unspecified atom stereocenters. The van der Waals surface area contributed by atoms with Crippen molar-refractivity contribution in [2.45, 2.75) is 20.8 Å². The summed E-state index contributed by atoms with van der Waals surface area (Å²) in [5.41, 5.74) is 3.94. The fourth-order valence-corrected chi connectivity index (χ4v) is 2.91. The average molecular weight is 383 g/mol. The van der Waals surface area contributed by atoms with Crippen molar-refractivity contribution in [3.8, 4) is 0 Å². The third kappa shape index (κ3) is 5.57. The zero-order valence-electron chi connectivity index (χ0n) is 17.0. The molecule has 6 nitrogen and oxygen atoms in total. The molecule has 0 saturated heterocycles. The Morgan fingerprint density at radius 1 is 0.964 bits per heavy atom. The lowest BCUT2D eigenvalue weighted by molar-refractivity contribution is 0.0935. The Morgan fingerprint density at radius 3 is 2.11 bits per heavy atom. The maximum atomic E-state index is 12.6. The molecule has 0 aromatic heterocycles. The SMILES string of the molecule is CCN(CC)c1ccc(NC(=O)c2ccc(C(=O)NCCOC)cc2)c(C)c1. The van der Waals surface area contributed by atoms with Gasteiger partial charge in [0.25, 0.3) is 11.8 Å². The second kappa shape index (κ2) is 10.5. The molecule has 0 saturated carbocycles. The fourth-order valence-electron chi connectivity index (χ4n) is 2.91. The highest BCUT2D eigenvalue weighted by Gasteiger charge is 2.11. The van der Waals surface area contributed by atoms with Crippen LogP contribution < -0.4 is 15.5 Å². The van der Waals surface area contributed by atoms with E-state index in [0.717, 1.165) is 30.0 Å². The molecule has 6 heteroatoms. The third-order valence-corrected chi connectivity index (χ3v) is 4.59. The molecular formula is C22H29N3O3. The molecule has 0 atom stereocenters. The quantitative estimate of drug-likeness (QED) is 0.651. The smallest absolute Gasteiger partial charge is 0.255 e. The lowest BCUT2D eigenvalue weighted by Crippen LogP contribution is -2.27. The first-order valence-electron chi connectivity index (χ1n) is 9.54. The Bertz CT molecular complexity index is 799. The third-order valence-electron chi connectivity index (χ3n) is 4.59. The van der Waals surface area contributed by atoms with E-state index >= 15 is 0 Å². The number of aryl methyl sites for hydroxylation is 1. The van der Waals surface area contributed by atoms with E-state index in [1.807, 2.05) is 19.1 Å². The first kappa shape index (κ1) is 21.4. The van der Waals surface area contributed by atoms with E-state index in [9.17, 15) is 9.59 Å². The topological polar surface area (TPSA) is 70.7 Å². The molecule has 0 aliphatic rings. The lowest BCUT2D eigenvalue weighted by Gasteiger charge is -2.22. The number of nitrogens with zero attached hydrogens (tertiary/aromatic N) is 1. The van der Waals surface area contributed by atoms with Crippen LogP contribution in [0.5, 0.6) is 0 Å². The van der Waals surface area contributed by atoms with Crippen molar-refractivity contribution in [2.24, 2.45) is 0 Å². The van der Waals surface area contributed by atoms with Crippen LogP contribution in [-0.4, -0.2) is 45.2 Å². The van der Waals surface area contributed by atoms with Gasteiger partial charge in [0.15, 0.2) is 0 Å². The van der Waals surface area contributed by atoms with E-state index < -0.39 is 0 Å². The minimum Gasteiger partial charge on any atom is -0.383 e. The Hall–Kier alpha value is -2.86. The van der Waals surface area contributed by atoms with E-state index in [1.165, 1.54) is 0 Å². The van der Waals surface area contributed by atoms with Crippen LogP contribution in [0.3, 0.4) is 0 Å². The number of carbonyl (C=O) groups is 2. The number of methoxy groups -OCH3 is 1. The molecular weight excluding hydrogens is 354 g/mol. The first-order valence-corrected chi connectivity index (χ1v) is 9.54. The number of anilines is 2. The van der Waals surface area contributed by atoms with Crippen molar-refractivity contribution >= 4 is 23.2 Å². The minimum atomic E-state index is -0.204. The van der Waals surface area contributed by atoms with Gasteiger partial charge in [-0.05, 0) is 68.8 Å². The molecule has 28 heavy (non-hydrogen) atoms. The Kier molecular flexibility index (Phi) is 8.02. The molecule has 2 rings (SSSR count). The molecule has 0 aliphatic heterocycles. The van der Waals surface area contributed by atoms with Crippen LogP contribution in [0.15, 0.2) is 42.5 Å². The molecule has 0 radical (unpaired) electrons. The molecule has 0 fully saturated rings. The number of benzene rings is 2. The predicted molar refractivity (Wildman–Crippen MR) is 113 cm³/mol. The van der Waals surface area contributed by atoms with Gasteiger partial charge in [-0.2, -0.15) is 0 Å². The van der Waals surface area contributed by atoms with Crippen molar-refractivity contribution in [3.63, 3.8) is 0 Å². The summed E-state index contributed by atoms with van der Waals surface area (Å²) in [6.45, 7) is 9.00. The summed E-state index contributed by atoms with van der Waals surface area (Å²) >= 11 is 0. The normalized spacial score (nSPS) is 10.4. The second-order valence-corrected chi connectivity index (χ2v) is 6.45. The summed E-state index contributed by atoms with van der Waals surface area (Å²) in [4.78, 5) is 26.8. The maximum Gasteiger partial charge on any atom is 0.255 e. The number of amides is 2. The predicted octanol–water partition coefficient (Wildman–Crippen LogP) is 3.47. The molecule has 150 valence electrons. The van der Waals surface area contributed by atoms with Crippen molar-refractivity contribution in [3.05, 3.63) is 59.2 Å². The summed E-state index contributed by atoms with van der Waals surface area (Å²) in [6.07, 6.45) is 0. The van der Waals surface area contributed by atoms with Crippen LogP contribution in [0.25, 0.3) is 0 Å². The van der Waals surface area contributed by atoms with Crippen molar-refractivity contribution < 1.29 is 14.3 Å². The van der Waals surface area contributed by atoms with Gasteiger partial charge >= 0.3 is 0 Å². The second-order valence-electron chi connectivity index (χ2n) is 6.45. The van der Waals surface area contributed by atoms with Crippen LogP contribution in [0.1, 0.15) is 40.1 Å². The van der Waals surface area contributed by atoms with Crippen molar-refractivity contribution in [2.75, 3.05) is 43.6 Å². The highest BCUT2D eigenvalue weighted by Crippen LogP contribution is 2.23. The Balaban J connectivity index is 2.03. The zero-order valence-corrected chi connectivity index (χ0v) is 17.0. The molecule has 0 heterocycles. The Labute approximate surface area is 166 Å². The molecule has 2 aromatic carbocycles. The van der Waals surface area contributed by atoms with Gasteiger partial charge in [-0.25, -0.2) is 0 Å².